The van der Waals surface area contributed by atoms with E-state index in [0.717, 1.165) is 25.2 Å². The maximum Gasteiger partial charge on any atom is 0.293 e. The zero-order chi connectivity index (χ0) is 14.0. The van der Waals surface area contributed by atoms with Gasteiger partial charge in [-0.1, -0.05) is 20.8 Å². The Morgan fingerprint density at radius 1 is 1.47 bits per heavy atom. The largest absolute Gasteiger partial charge is 0.380 e. The fraction of sp³-hybridized carbons (Fsp3) is 0.769. The van der Waals surface area contributed by atoms with E-state index in [1.807, 2.05) is 20.8 Å². The molecule has 1 aromatic heterocycles. The number of carbonyl (C=O) groups excluding carboxylic acids is 1. The van der Waals surface area contributed by atoms with Crippen LogP contribution in [0.3, 0.4) is 0 Å². The quantitative estimate of drug-likeness (QED) is 0.877. The van der Waals surface area contributed by atoms with Crippen LogP contribution in [0.15, 0.2) is 0 Å². The molecule has 2 rings (SSSR count). The minimum absolute atomic E-state index is 0.117. The average molecular weight is 266 g/mol. The number of H-pyrrole nitrogens is 1. The van der Waals surface area contributed by atoms with Crippen LogP contribution in [0.1, 0.15) is 50.1 Å². The molecule has 1 aromatic rings. The van der Waals surface area contributed by atoms with Gasteiger partial charge in [0.2, 0.25) is 5.82 Å². The van der Waals surface area contributed by atoms with E-state index in [4.69, 9.17) is 4.74 Å². The molecule has 6 nitrogen and oxygen atoms in total. The fourth-order valence-electron chi connectivity index (χ4n) is 2.15. The predicted molar refractivity (Wildman–Crippen MR) is 71.0 cm³/mol. The Hall–Kier alpha value is -1.43. The van der Waals surface area contributed by atoms with Gasteiger partial charge in [-0.15, -0.1) is 5.10 Å². The Labute approximate surface area is 113 Å². The highest BCUT2D eigenvalue weighted by Gasteiger charge is 2.28. The van der Waals surface area contributed by atoms with Crippen molar-refractivity contribution in [2.24, 2.45) is 0 Å². The minimum Gasteiger partial charge on any atom is -0.380 e. The summed E-state index contributed by atoms with van der Waals surface area (Å²) in [5.41, 5.74) is -0.136. The van der Waals surface area contributed by atoms with Gasteiger partial charge in [0.25, 0.3) is 5.91 Å². The average Bonchev–Trinajstić information content (AvgIpc) is 2.87. The SMILES string of the molecule is COC1CCCN(C(=O)c2n[nH]c(C(C)(C)C)n2)C1. The second-order valence-corrected chi connectivity index (χ2v) is 6.01. The molecule has 106 valence electrons. The number of rotatable bonds is 2. The molecule has 6 heteroatoms. The Kier molecular flexibility index (Phi) is 3.89. The molecular weight excluding hydrogens is 244 g/mol. The van der Waals surface area contributed by atoms with Gasteiger partial charge in [0.15, 0.2) is 0 Å². The molecule has 0 aliphatic carbocycles. The molecule has 19 heavy (non-hydrogen) atoms. The summed E-state index contributed by atoms with van der Waals surface area (Å²) in [4.78, 5) is 18.4. The molecule has 1 aliphatic rings. The van der Waals surface area contributed by atoms with E-state index in [9.17, 15) is 4.79 Å². The maximum absolute atomic E-state index is 12.3. The number of aromatic amines is 1. The van der Waals surface area contributed by atoms with Gasteiger partial charge in [0.05, 0.1) is 6.10 Å². The molecule has 1 atom stereocenters. The van der Waals surface area contributed by atoms with E-state index >= 15 is 0 Å². The molecule has 2 heterocycles. The van der Waals surface area contributed by atoms with E-state index in [2.05, 4.69) is 15.2 Å². The van der Waals surface area contributed by atoms with E-state index in [-0.39, 0.29) is 23.3 Å². The van der Waals surface area contributed by atoms with Crippen LogP contribution in [0.25, 0.3) is 0 Å². The van der Waals surface area contributed by atoms with E-state index < -0.39 is 0 Å². The van der Waals surface area contributed by atoms with Crippen LogP contribution in [0.4, 0.5) is 0 Å². The third-order valence-electron chi connectivity index (χ3n) is 3.39. The molecule has 1 unspecified atom stereocenters. The van der Waals surface area contributed by atoms with Crippen molar-refractivity contribution in [2.45, 2.75) is 45.1 Å². The molecule has 1 N–H and O–H groups in total. The number of aromatic nitrogens is 3. The number of ether oxygens (including phenoxy) is 1. The standard InChI is InChI=1S/C13H22N4O2/c1-13(2,3)12-14-10(15-16-12)11(18)17-7-5-6-9(8-17)19-4/h9H,5-8H2,1-4H3,(H,14,15,16). The molecule has 1 amide bonds. The lowest BCUT2D eigenvalue weighted by atomic mass is 9.96. The third-order valence-corrected chi connectivity index (χ3v) is 3.39. The number of nitrogens with one attached hydrogen (secondary N) is 1. The number of carbonyl (C=O) groups is 1. The molecule has 1 fully saturated rings. The van der Waals surface area contributed by atoms with Crippen LogP contribution in [-0.4, -0.2) is 52.3 Å². The molecule has 0 spiro atoms. The highest BCUT2D eigenvalue weighted by molar-refractivity contribution is 5.90. The molecule has 0 bridgehead atoms. The number of amides is 1. The smallest absolute Gasteiger partial charge is 0.293 e. The van der Waals surface area contributed by atoms with Crippen LogP contribution in [-0.2, 0) is 10.2 Å². The van der Waals surface area contributed by atoms with Gasteiger partial charge in [-0.05, 0) is 12.8 Å². The van der Waals surface area contributed by atoms with Gasteiger partial charge in [0, 0.05) is 25.6 Å². The third kappa shape index (κ3) is 3.12. The Morgan fingerprint density at radius 2 is 2.21 bits per heavy atom. The number of hydrogen-bond donors (Lipinski definition) is 1. The van der Waals surface area contributed by atoms with Crippen molar-refractivity contribution in [1.82, 2.24) is 20.1 Å². The fourth-order valence-corrected chi connectivity index (χ4v) is 2.15. The summed E-state index contributed by atoms with van der Waals surface area (Å²) in [6.07, 6.45) is 2.08. The van der Waals surface area contributed by atoms with Crippen LogP contribution in [0.2, 0.25) is 0 Å². The van der Waals surface area contributed by atoms with Gasteiger partial charge in [0.1, 0.15) is 5.82 Å². The molecule has 1 aliphatic heterocycles. The van der Waals surface area contributed by atoms with Gasteiger partial charge in [-0.3, -0.25) is 9.89 Å². The zero-order valence-electron chi connectivity index (χ0n) is 12.1. The summed E-state index contributed by atoms with van der Waals surface area (Å²) >= 11 is 0. The topological polar surface area (TPSA) is 71.1 Å². The van der Waals surface area contributed by atoms with Crippen LogP contribution in [0.5, 0.6) is 0 Å². The first kappa shape index (κ1) is 14.0. The highest BCUT2D eigenvalue weighted by atomic mass is 16.5. The summed E-state index contributed by atoms with van der Waals surface area (Å²) in [5, 5.41) is 6.89. The second kappa shape index (κ2) is 5.28. The molecular formula is C13H22N4O2. The van der Waals surface area contributed by atoms with Crippen molar-refractivity contribution < 1.29 is 9.53 Å². The van der Waals surface area contributed by atoms with Gasteiger partial charge >= 0.3 is 0 Å². The van der Waals surface area contributed by atoms with Crippen molar-refractivity contribution >= 4 is 5.91 Å². The van der Waals surface area contributed by atoms with Gasteiger partial charge in [-0.25, -0.2) is 4.98 Å². The Bertz CT molecular complexity index is 450. The lowest BCUT2D eigenvalue weighted by Gasteiger charge is -2.31. The van der Waals surface area contributed by atoms with E-state index in [1.165, 1.54) is 0 Å². The summed E-state index contributed by atoms with van der Waals surface area (Å²) in [6.45, 7) is 7.46. The lowest BCUT2D eigenvalue weighted by molar-refractivity contribution is 0.0262. The van der Waals surface area contributed by atoms with Crippen LogP contribution in [0, 0.1) is 0 Å². The van der Waals surface area contributed by atoms with Gasteiger partial charge in [-0.2, -0.15) is 0 Å². The predicted octanol–water partition coefficient (Wildman–Crippen LogP) is 1.35. The van der Waals surface area contributed by atoms with Crippen LogP contribution < -0.4 is 0 Å². The number of hydrogen-bond acceptors (Lipinski definition) is 4. The zero-order valence-corrected chi connectivity index (χ0v) is 12.1. The summed E-state index contributed by atoms with van der Waals surface area (Å²) in [7, 11) is 1.68. The van der Waals surface area contributed by atoms with Gasteiger partial charge < -0.3 is 9.64 Å². The van der Waals surface area contributed by atoms with E-state index in [0.29, 0.717) is 6.54 Å². The number of likely N-dealkylation sites (tertiary alicyclic amines) is 1. The molecule has 0 radical (unpaired) electrons. The number of nitrogens with zero attached hydrogens (tertiary/aromatic N) is 3. The first-order valence-corrected chi connectivity index (χ1v) is 6.67. The Balaban J connectivity index is 2.09. The lowest BCUT2D eigenvalue weighted by Crippen LogP contribution is -2.43. The van der Waals surface area contributed by atoms with Crippen molar-refractivity contribution in [3.63, 3.8) is 0 Å². The summed E-state index contributed by atoms with van der Waals surface area (Å²) < 4.78 is 5.32. The Morgan fingerprint density at radius 3 is 2.79 bits per heavy atom. The number of piperidine rings is 1. The molecule has 0 aromatic carbocycles. The minimum atomic E-state index is -0.136. The second-order valence-electron chi connectivity index (χ2n) is 6.01. The first-order valence-electron chi connectivity index (χ1n) is 6.67. The van der Waals surface area contributed by atoms with Crippen molar-refractivity contribution in [3.8, 4) is 0 Å². The van der Waals surface area contributed by atoms with Crippen LogP contribution >= 0.6 is 0 Å². The first-order chi connectivity index (χ1) is 8.91. The number of methoxy groups -OCH3 is 1. The monoisotopic (exact) mass is 266 g/mol. The van der Waals surface area contributed by atoms with Crippen molar-refractivity contribution in [1.29, 1.82) is 0 Å². The molecule has 0 saturated carbocycles. The normalized spacial score (nSPS) is 20.6. The van der Waals surface area contributed by atoms with Crippen molar-refractivity contribution in [2.75, 3.05) is 20.2 Å². The highest BCUT2D eigenvalue weighted by Crippen LogP contribution is 2.19. The summed E-state index contributed by atoms with van der Waals surface area (Å²) in [5.74, 6) is 0.867. The summed E-state index contributed by atoms with van der Waals surface area (Å²) in [6, 6.07) is 0. The molecule has 1 saturated heterocycles. The maximum atomic E-state index is 12.3. The van der Waals surface area contributed by atoms with E-state index in [1.54, 1.807) is 12.0 Å². The van der Waals surface area contributed by atoms with Crippen molar-refractivity contribution in [3.05, 3.63) is 11.6 Å².